The Hall–Kier alpha value is -1.85. The normalized spacial score (nSPS) is 11.3. The summed E-state index contributed by atoms with van der Waals surface area (Å²) < 4.78 is 2.26. The predicted molar refractivity (Wildman–Crippen MR) is 92.1 cm³/mol. The molecule has 0 aliphatic carbocycles. The van der Waals surface area contributed by atoms with Gasteiger partial charge in [-0.1, -0.05) is 6.92 Å². The largest absolute Gasteiger partial charge is 0.478 e. The van der Waals surface area contributed by atoms with E-state index < -0.39 is 5.97 Å². The number of aromatic nitrogens is 1. The standard InChI is InChI=1S/C18H26N2O3/c1-3-13-10-14(18(22)23)11-16-15(6-4-9-21)12(2)20(17(13)16)8-5-7-19/h10-11,21H,3-9,19H2,1-2H3,(H,22,23). The lowest BCUT2D eigenvalue weighted by Crippen LogP contribution is -2.08. The van der Waals surface area contributed by atoms with Crippen molar-refractivity contribution in [1.82, 2.24) is 4.57 Å². The molecular formula is C18H26N2O3. The number of carbonyl (C=O) groups is 1. The number of hydrogen-bond acceptors (Lipinski definition) is 3. The second-order valence-electron chi connectivity index (χ2n) is 5.88. The van der Waals surface area contributed by atoms with Crippen LogP contribution in [0.3, 0.4) is 0 Å². The van der Waals surface area contributed by atoms with Crippen LogP contribution in [0.4, 0.5) is 0 Å². The zero-order chi connectivity index (χ0) is 17.0. The molecule has 0 radical (unpaired) electrons. The van der Waals surface area contributed by atoms with Crippen molar-refractivity contribution in [2.45, 2.75) is 46.1 Å². The number of aliphatic hydroxyl groups excluding tert-OH is 1. The molecule has 5 heteroatoms. The lowest BCUT2D eigenvalue weighted by Gasteiger charge is -2.11. The highest BCUT2D eigenvalue weighted by atomic mass is 16.4. The second kappa shape index (κ2) is 7.62. The molecule has 5 nitrogen and oxygen atoms in total. The SMILES string of the molecule is CCc1cc(C(=O)O)cc2c(CCCO)c(C)n(CCCN)c12. The van der Waals surface area contributed by atoms with Gasteiger partial charge in [-0.2, -0.15) is 0 Å². The van der Waals surface area contributed by atoms with Gasteiger partial charge in [0.1, 0.15) is 0 Å². The molecule has 0 amide bonds. The van der Waals surface area contributed by atoms with Crippen molar-refractivity contribution in [2.75, 3.05) is 13.2 Å². The highest BCUT2D eigenvalue weighted by Crippen LogP contribution is 2.31. The van der Waals surface area contributed by atoms with Gasteiger partial charge in [0.25, 0.3) is 0 Å². The number of benzene rings is 1. The van der Waals surface area contributed by atoms with Crippen molar-refractivity contribution in [3.8, 4) is 0 Å². The van der Waals surface area contributed by atoms with E-state index in [1.165, 1.54) is 0 Å². The molecule has 4 N–H and O–H groups in total. The first-order valence-corrected chi connectivity index (χ1v) is 8.23. The van der Waals surface area contributed by atoms with Gasteiger partial charge in [-0.3, -0.25) is 0 Å². The second-order valence-corrected chi connectivity index (χ2v) is 5.88. The minimum Gasteiger partial charge on any atom is -0.478 e. The van der Waals surface area contributed by atoms with Crippen LogP contribution in [-0.4, -0.2) is 33.9 Å². The summed E-state index contributed by atoms with van der Waals surface area (Å²) in [6, 6.07) is 3.55. The Bertz CT molecular complexity index is 704. The van der Waals surface area contributed by atoms with Gasteiger partial charge in [-0.25, -0.2) is 4.79 Å². The van der Waals surface area contributed by atoms with E-state index in [2.05, 4.69) is 11.5 Å². The molecule has 0 aliphatic rings. The fourth-order valence-electron chi connectivity index (χ4n) is 3.26. The van der Waals surface area contributed by atoms with Gasteiger partial charge in [0.05, 0.1) is 11.1 Å². The van der Waals surface area contributed by atoms with E-state index in [4.69, 9.17) is 10.8 Å². The van der Waals surface area contributed by atoms with E-state index in [0.29, 0.717) is 18.5 Å². The molecule has 0 spiro atoms. The molecule has 23 heavy (non-hydrogen) atoms. The maximum Gasteiger partial charge on any atom is 0.335 e. The van der Waals surface area contributed by atoms with E-state index in [-0.39, 0.29) is 6.61 Å². The van der Waals surface area contributed by atoms with Crippen molar-refractivity contribution in [3.63, 3.8) is 0 Å². The fourth-order valence-corrected chi connectivity index (χ4v) is 3.26. The van der Waals surface area contributed by atoms with Crippen LogP contribution in [-0.2, 0) is 19.4 Å². The molecule has 0 atom stereocenters. The van der Waals surface area contributed by atoms with Crippen molar-refractivity contribution in [2.24, 2.45) is 5.73 Å². The fraction of sp³-hybridized carbons (Fsp3) is 0.500. The predicted octanol–water partition coefficient (Wildman–Crippen LogP) is 2.48. The third-order valence-corrected chi connectivity index (χ3v) is 4.42. The minimum absolute atomic E-state index is 0.133. The van der Waals surface area contributed by atoms with Crippen molar-refractivity contribution >= 4 is 16.9 Å². The number of fused-ring (bicyclic) bond motifs is 1. The first-order valence-electron chi connectivity index (χ1n) is 8.23. The summed E-state index contributed by atoms with van der Waals surface area (Å²) in [5, 5.41) is 19.6. The number of carboxylic acid groups (broad SMARTS) is 1. The van der Waals surface area contributed by atoms with Crippen LogP contribution in [0, 0.1) is 6.92 Å². The van der Waals surface area contributed by atoms with Gasteiger partial charge in [0, 0.05) is 24.2 Å². The van der Waals surface area contributed by atoms with Gasteiger partial charge in [0.2, 0.25) is 0 Å². The van der Waals surface area contributed by atoms with Gasteiger partial charge in [-0.15, -0.1) is 0 Å². The number of nitrogens with zero attached hydrogens (tertiary/aromatic N) is 1. The molecule has 0 unspecified atom stereocenters. The van der Waals surface area contributed by atoms with Crippen LogP contribution in [0.25, 0.3) is 10.9 Å². The van der Waals surface area contributed by atoms with E-state index in [1.54, 1.807) is 12.1 Å². The highest BCUT2D eigenvalue weighted by molar-refractivity contribution is 5.97. The van der Waals surface area contributed by atoms with Crippen LogP contribution in [0.1, 0.15) is 46.9 Å². The molecule has 0 saturated carbocycles. The summed E-state index contributed by atoms with van der Waals surface area (Å²) in [5.74, 6) is -0.901. The monoisotopic (exact) mass is 318 g/mol. The van der Waals surface area contributed by atoms with Crippen molar-refractivity contribution < 1.29 is 15.0 Å². The number of carboxylic acids is 1. The Morgan fingerprint density at radius 1 is 1.30 bits per heavy atom. The molecule has 0 saturated heterocycles. The van der Waals surface area contributed by atoms with Crippen LogP contribution in [0.15, 0.2) is 12.1 Å². The zero-order valence-corrected chi connectivity index (χ0v) is 13.9. The van der Waals surface area contributed by atoms with Crippen LogP contribution >= 0.6 is 0 Å². The Morgan fingerprint density at radius 2 is 2.04 bits per heavy atom. The molecular weight excluding hydrogens is 292 g/mol. The summed E-state index contributed by atoms with van der Waals surface area (Å²) in [4.78, 5) is 11.4. The van der Waals surface area contributed by atoms with Crippen LogP contribution in [0.2, 0.25) is 0 Å². The number of rotatable bonds is 8. The zero-order valence-electron chi connectivity index (χ0n) is 13.9. The smallest absolute Gasteiger partial charge is 0.335 e. The maximum absolute atomic E-state index is 11.4. The number of hydrogen-bond donors (Lipinski definition) is 3. The van der Waals surface area contributed by atoms with Gasteiger partial charge >= 0.3 is 5.97 Å². The third kappa shape index (κ3) is 3.41. The molecule has 1 heterocycles. The first-order chi connectivity index (χ1) is 11.0. The summed E-state index contributed by atoms with van der Waals surface area (Å²) in [6.45, 7) is 5.71. The molecule has 126 valence electrons. The molecule has 1 aromatic carbocycles. The van der Waals surface area contributed by atoms with Gasteiger partial charge in [0.15, 0.2) is 0 Å². The summed E-state index contributed by atoms with van der Waals surface area (Å²) >= 11 is 0. The van der Waals surface area contributed by atoms with E-state index >= 15 is 0 Å². The third-order valence-electron chi connectivity index (χ3n) is 4.42. The molecule has 2 aromatic rings. The van der Waals surface area contributed by atoms with Crippen LogP contribution < -0.4 is 5.73 Å². The topological polar surface area (TPSA) is 88.5 Å². The number of aryl methyl sites for hydroxylation is 3. The number of nitrogens with two attached hydrogens (primary N) is 1. The Labute approximate surface area is 136 Å². The Balaban J connectivity index is 2.73. The first kappa shape index (κ1) is 17.5. The molecule has 0 aliphatic heterocycles. The molecule has 0 fully saturated rings. The van der Waals surface area contributed by atoms with Gasteiger partial charge in [-0.05, 0) is 62.4 Å². The summed E-state index contributed by atoms with van der Waals surface area (Å²) in [7, 11) is 0. The van der Waals surface area contributed by atoms with E-state index in [9.17, 15) is 9.90 Å². The van der Waals surface area contributed by atoms with Crippen molar-refractivity contribution in [3.05, 3.63) is 34.5 Å². The molecule has 1 aromatic heterocycles. The van der Waals surface area contributed by atoms with Crippen molar-refractivity contribution in [1.29, 1.82) is 0 Å². The average molecular weight is 318 g/mol. The lowest BCUT2D eigenvalue weighted by molar-refractivity contribution is 0.0697. The van der Waals surface area contributed by atoms with Crippen LogP contribution in [0.5, 0.6) is 0 Å². The average Bonchev–Trinajstić information content (AvgIpc) is 2.81. The summed E-state index contributed by atoms with van der Waals surface area (Å²) in [5.41, 5.74) is 10.5. The molecule has 0 bridgehead atoms. The summed E-state index contributed by atoms with van der Waals surface area (Å²) in [6.07, 6.45) is 3.09. The number of aliphatic hydroxyl groups is 1. The maximum atomic E-state index is 11.4. The molecule has 2 rings (SSSR count). The van der Waals surface area contributed by atoms with E-state index in [1.807, 2.05) is 6.92 Å². The Kier molecular flexibility index (Phi) is 5.80. The number of aromatic carboxylic acids is 1. The van der Waals surface area contributed by atoms with Gasteiger partial charge < -0.3 is 20.5 Å². The lowest BCUT2D eigenvalue weighted by atomic mass is 10.00. The van der Waals surface area contributed by atoms with E-state index in [0.717, 1.165) is 53.5 Å². The quantitative estimate of drug-likeness (QED) is 0.697. The minimum atomic E-state index is -0.901. The Morgan fingerprint density at radius 3 is 2.61 bits per heavy atom. The highest BCUT2D eigenvalue weighted by Gasteiger charge is 2.18.